The van der Waals surface area contributed by atoms with Crippen molar-refractivity contribution in [3.05, 3.63) is 83.2 Å². The highest BCUT2D eigenvalue weighted by Crippen LogP contribution is 2.27. The Balaban J connectivity index is 1.56. The Morgan fingerprint density at radius 1 is 1.06 bits per heavy atom. The van der Waals surface area contributed by atoms with Crippen LogP contribution in [0.1, 0.15) is 54.6 Å². The van der Waals surface area contributed by atoms with Crippen molar-refractivity contribution >= 4 is 11.8 Å². The van der Waals surface area contributed by atoms with Crippen LogP contribution in [0.25, 0.3) is 0 Å². The molecule has 178 valence electrons. The first-order valence-electron chi connectivity index (χ1n) is 11.6. The zero-order valence-corrected chi connectivity index (χ0v) is 19.7. The quantitative estimate of drug-likeness (QED) is 0.583. The van der Waals surface area contributed by atoms with E-state index in [1.807, 2.05) is 42.5 Å². The number of benzene rings is 2. The fourth-order valence-corrected chi connectivity index (χ4v) is 4.35. The van der Waals surface area contributed by atoms with Crippen LogP contribution in [0.3, 0.4) is 0 Å². The first-order chi connectivity index (χ1) is 16.3. The second-order valence-corrected chi connectivity index (χ2v) is 9.09. The molecule has 8 heteroatoms. The van der Waals surface area contributed by atoms with Crippen LogP contribution in [-0.2, 0) is 23.1 Å². The molecule has 0 spiro atoms. The van der Waals surface area contributed by atoms with Crippen LogP contribution in [0.15, 0.2) is 60.8 Å². The predicted octanol–water partition coefficient (Wildman–Crippen LogP) is 3.33. The molecule has 0 aliphatic carbocycles. The highest BCUT2D eigenvalue weighted by molar-refractivity contribution is 5.89. The Kier molecular flexibility index (Phi) is 7.05. The third kappa shape index (κ3) is 5.16. The number of alkyl halides is 1. The van der Waals surface area contributed by atoms with Gasteiger partial charge >= 0.3 is 0 Å². The Labute approximate surface area is 199 Å². The minimum atomic E-state index is -1.25. The molecule has 2 amide bonds. The number of nitrogens with one attached hydrogen (secondary N) is 1. The van der Waals surface area contributed by atoms with Crippen LogP contribution in [0.5, 0.6) is 0 Å². The van der Waals surface area contributed by atoms with Crippen molar-refractivity contribution in [2.45, 2.75) is 50.9 Å². The molecule has 2 aromatic carbocycles. The van der Waals surface area contributed by atoms with Crippen LogP contribution in [0.2, 0.25) is 0 Å². The van der Waals surface area contributed by atoms with Gasteiger partial charge in [0.05, 0.1) is 30.9 Å². The molecule has 0 saturated carbocycles. The maximum Gasteiger partial charge on any atom is 0.243 e. The second kappa shape index (κ2) is 10.2. The molecule has 1 aliphatic rings. The average molecular weight is 464 g/mol. The molecule has 1 fully saturated rings. The van der Waals surface area contributed by atoms with E-state index in [0.29, 0.717) is 11.6 Å². The molecule has 1 aliphatic heterocycles. The minimum Gasteiger partial charge on any atom is -0.343 e. The van der Waals surface area contributed by atoms with E-state index >= 15 is 0 Å². The van der Waals surface area contributed by atoms with Gasteiger partial charge in [-0.3, -0.25) is 14.3 Å². The summed E-state index contributed by atoms with van der Waals surface area (Å²) in [5.74, 6) is -0.283. The number of aryl methyl sites for hydroxylation is 1. The number of carbonyl (C=O) groups excluding carboxylic acids is 2. The highest BCUT2D eigenvalue weighted by Gasteiger charge is 2.40. The summed E-state index contributed by atoms with van der Waals surface area (Å²) in [6.45, 7) is 4.17. The maximum absolute atomic E-state index is 14.4. The number of hydrogen-bond donors (Lipinski definition) is 1. The summed E-state index contributed by atoms with van der Waals surface area (Å²) < 4.78 is 15.9. The molecule has 1 N–H and O–H groups in total. The monoisotopic (exact) mass is 463 g/mol. The average Bonchev–Trinajstić information content (AvgIpc) is 3.43. The number of hydrogen-bond acceptors (Lipinski definition) is 4. The molecule has 3 atom stereocenters. The summed E-state index contributed by atoms with van der Waals surface area (Å²) in [5.41, 5.74) is 3.66. The molecule has 0 bridgehead atoms. The van der Waals surface area contributed by atoms with Crippen LogP contribution in [0, 0.1) is 0 Å². The third-order valence-electron chi connectivity index (χ3n) is 6.37. The molecular formula is C26H30FN5O2. The van der Waals surface area contributed by atoms with Crippen LogP contribution in [-0.4, -0.2) is 50.5 Å². The molecular weight excluding hydrogens is 433 g/mol. The van der Waals surface area contributed by atoms with Crippen molar-refractivity contribution in [2.75, 3.05) is 6.54 Å². The lowest BCUT2D eigenvalue weighted by Gasteiger charge is -2.27. The van der Waals surface area contributed by atoms with Crippen LogP contribution < -0.4 is 5.32 Å². The van der Waals surface area contributed by atoms with Gasteiger partial charge in [0.1, 0.15) is 12.2 Å². The van der Waals surface area contributed by atoms with Crippen molar-refractivity contribution in [3.63, 3.8) is 0 Å². The smallest absolute Gasteiger partial charge is 0.243 e. The number of rotatable bonds is 7. The molecule has 0 radical (unpaired) electrons. The summed E-state index contributed by atoms with van der Waals surface area (Å²) in [5, 5.41) is 10.7. The van der Waals surface area contributed by atoms with Crippen LogP contribution in [0.4, 0.5) is 4.39 Å². The summed E-state index contributed by atoms with van der Waals surface area (Å²) in [4.78, 5) is 27.7. The largest absolute Gasteiger partial charge is 0.343 e. The van der Waals surface area contributed by atoms with Crippen molar-refractivity contribution < 1.29 is 14.0 Å². The van der Waals surface area contributed by atoms with E-state index < -0.39 is 18.3 Å². The number of halogens is 1. The van der Waals surface area contributed by atoms with E-state index in [2.05, 4.69) is 41.6 Å². The van der Waals surface area contributed by atoms with Gasteiger partial charge in [-0.2, -0.15) is 0 Å². The van der Waals surface area contributed by atoms with Gasteiger partial charge < -0.3 is 10.2 Å². The van der Waals surface area contributed by atoms with Gasteiger partial charge in [-0.15, -0.1) is 5.10 Å². The fourth-order valence-electron chi connectivity index (χ4n) is 4.35. The second-order valence-electron chi connectivity index (χ2n) is 9.09. The summed E-state index contributed by atoms with van der Waals surface area (Å²) in [6, 6.07) is 16.5. The fraction of sp³-hybridized carbons (Fsp3) is 0.385. The lowest BCUT2D eigenvalue weighted by Crippen LogP contribution is -2.47. The lowest BCUT2D eigenvalue weighted by atomic mass is 9.95. The Morgan fingerprint density at radius 3 is 2.32 bits per heavy atom. The number of nitrogens with zero attached hydrogens (tertiary/aromatic N) is 4. The van der Waals surface area contributed by atoms with E-state index in [4.69, 9.17) is 0 Å². The standard InChI is InChI=1S/C26H30FN5O2/c1-17(2)18-9-11-20(12-10-18)25(19-7-5-4-6-8-19)29-26(34)23-13-21(27)16-32(23)24(33)14-22-15-28-30-31(22)3/h4-12,15,17,21,23,25H,13-14,16H2,1-3H3,(H,29,34)/t21-,23-,25+/m1/s1. The molecule has 0 unspecified atom stereocenters. The van der Waals surface area contributed by atoms with Gasteiger partial charge in [-0.25, -0.2) is 4.39 Å². The minimum absolute atomic E-state index is 0.0127. The molecule has 3 aromatic rings. The Morgan fingerprint density at radius 2 is 1.71 bits per heavy atom. The van der Waals surface area contributed by atoms with Gasteiger partial charge in [0.15, 0.2) is 0 Å². The molecule has 4 rings (SSSR count). The zero-order valence-electron chi connectivity index (χ0n) is 19.7. The number of aromatic nitrogens is 3. The highest BCUT2D eigenvalue weighted by atomic mass is 19.1. The van der Waals surface area contributed by atoms with Crippen molar-refractivity contribution in [1.82, 2.24) is 25.2 Å². The van der Waals surface area contributed by atoms with E-state index in [1.54, 1.807) is 7.05 Å². The lowest BCUT2D eigenvalue weighted by molar-refractivity contribution is -0.138. The topological polar surface area (TPSA) is 80.1 Å². The van der Waals surface area contributed by atoms with Crippen molar-refractivity contribution in [1.29, 1.82) is 0 Å². The molecule has 7 nitrogen and oxygen atoms in total. The van der Waals surface area contributed by atoms with Crippen molar-refractivity contribution in [2.24, 2.45) is 7.05 Å². The molecule has 1 aromatic heterocycles. The van der Waals surface area contributed by atoms with Crippen LogP contribution >= 0.6 is 0 Å². The maximum atomic E-state index is 14.4. The van der Waals surface area contributed by atoms with Crippen molar-refractivity contribution in [3.8, 4) is 0 Å². The third-order valence-corrected chi connectivity index (χ3v) is 6.37. The summed E-state index contributed by atoms with van der Waals surface area (Å²) in [6.07, 6.45) is 0.251. The summed E-state index contributed by atoms with van der Waals surface area (Å²) in [7, 11) is 1.69. The number of carbonyl (C=O) groups is 2. The molecule has 2 heterocycles. The SMILES string of the molecule is CC(C)c1ccc([C@@H](NC(=O)[C@H]2C[C@@H](F)CN2C(=O)Cc2cnnn2C)c2ccccc2)cc1. The van der Waals surface area contributed by atoms with E-state index in [0.717, 1.165) is 11.1 Å². The first kappa shape index (κ1) is 23.6. The van der Waals surface area contributed by atoms with Gasteiger partial charge in [-0.05, 0) is 22.6 Å². The molecule has 34 heavy (non-hydrogen) atoms. The first-order valence-corrected chi connectivity index (χ1v) is 11.6. The Hall–Kier alpha value is -3.55. The summed E-state index contributed by atoms with van der Waals surface area (Å²) >= 11 is 0. The van der Waals surface area contributed by atoms with Gasteiger partial charge in [-0.1, -0.05) is 73.7 Å². The van der Waals surface area contributed by atoms with E-state index in [9.17, 15) is 14.0 Å². The number of likely N-dealkylation sites (tertiary alicyclic amines) is 1. The van der Waals surface area contributed by atoms with Gasteiger partial charge in [0.2, 0.25) is 11.8 Å². The molecule has 1 saturated heterocycles. The van der Waals surface area contributed by atoms with Gasteiger partial charge in [0, 0.05) is 13.5 Å². The van der Waals surface area contributed by atoms with E-state index in [1.165, 1.54) is 21.3 Å². The van der Waals surface area contributed by atoms with E-state index in [-0.39, 0.29) is 31.2 Å². The Bertz CT molecular complexity index is 1130. The normalized spacial score (nSPS) is 18.8. The van der Waals surface area contributed by atoms with Gasteiger partial charge in [0.25, 0.3) is 0 Å². The number of amides is 2. The zero-order chi connectivity index (χ0) is 24.2. The predicted molar refractivity (Wildman–Crippen MR) is 127 cm³/mol.